The van der Waals surface area contributed by atoms with E-state index < -0.39 is 15.8 Å². The van der Waals surface area contributed by atoms with Crippen LogP contribution >= 0.6 is 0 Å². The van der Waals surface area contributed by atoms with Crippen molar-refractivity contribution in [2.75, 3.05) is 0 Å². The molecular formula is C17H12N4O5S. The molecule has 0 radical (unpaired) electrons. The molecule has 3 aromatic rings. The first-order valence-electron chi connectivity index (χ1n) is 7.91. The summed E-state index contributed by atoms with van der Waals surface area (Å²) in [6.07, 6.45) is -0.187. The molecule has 27 heavy (non-hydrogen) atoms. The number of benzene rings is 2. The lowest BCUT2D eigenvalue weighted by molar-refractivity contribution is -0.137. The number of rotatable bonds is 4. The monoisotopic (exact) mass is 384 g/mol. The van der Waals surface area contributed by atoms with Crippen LogP contribution in [-0.2, 0) is 21.2 Å². The van der Waals surface area contributed by atoms with Crippen molar-refractivity contribution in [2.24, 2.45) is 0 Å². The van der Waals surface area contributed by atoms with Gasteiger partial charge in [-0.1, -0.05) is 18.2 Å². The molecule has 1 N–H and O–H groups in total. The summed E-state index contributed by atoms with van der Waals surface area (Å²) in [6.45, 7) is 0.0310. The van der Waals surface area contributed by atoms with Gasteiger partial charge in [0.2, 0.25) is 9.84 Å². The second-order valence-electron chi connectivity index (χ2n) is 5.91. The third-order valence-corrected chi connectivity index (χ3v) is 6.12. The first-order valence-corrected chi connectivity index (χ1v) is 9.39. The van der Waals surface area contributed by atoms with Crippen LogP contribution in [0, 0.1) is 0 Å². The molecule has 0 fully saturated rings. The Morgan fingerprint density at radius 1 is 1.07 bits per heavy atom. The molecule has 0 saturated heterocycles. The van der Waals surface area contributed by atoms with Gasteiger partial charge in [0.1, 0.15) is 0 Å². The van der Waals surface area contributed by atoms with Crippen molar-refractivity contribution in [2.45, 2.75) is 22.8 Å². The highest BCUT2D eigenvalue weighted by Gasteiger charge is 2.35. The number of aryl methyl sites for hydroxylation is 1. The molecule has 2 heterocycles. The molecule has 0 atom stereocenters. The highest BCUT2D eigenvalue weighted by molar-refractivity contribution is 7.91. The van der Waals surface area contributed by atoms with Crippen molar-refractivity contribution in [1.82, 2.24) is 20.2 Å². The molecule has 10 heteroatoms. The Morgan fingerprint density at radius 3 is 2.59 bits per heavy atom. The fraction of sp³-hybridized carbons (Fsp3) is 0.118. The summed E-state index contributed by atoms with van der Waals surface area (Å²) in [6, 6.07) is 10.4. The molecule has 9 nitrogen and oxygen atoms in total. The number of aromatic nitrogens is 4. The number of carboxylic acids is 1. The number of sulfone groups is 1. The molecule has 0 amide bonds. The van der Waals surface area contributed by atoms with E-state index in [4.69, 9.17) is 5.11 Å². The Hall–Kier alpha value is -3.40. The van der Waals surface area contributed by atoms with Crippen LogP contribution in [0.5, 0.6) is 0 Å². The van der Waals surface area contributed by atoms with Gasteiger partial charge in [0.25, 0.3) is 0 Å². The lowest BCUT2D eigenvalue weighted by atomic mass is 10.0. The van der Waals surface area contributed by atoms with Crippen LogP contribution in [0.4, 0.5) is 0 Å². The van der Waals surface area contributed by atoms with E-state index in [9.17, 15) is 18.0 Å². The Bertz CT molecular complexity index is 1200. The van der Waals surface area contributed by atoms with E-state index in [0.29, 0.717) is 5.56 Å². The third-order valence-electron chi connectivity index (χ3n) is 4.26. The molecular weight excluding hydrogens is 372 g/mol. The first-order chi connectivity index (χ1) is 12.9. The Morgan fingerprint density at radius 2 is 1.81 bits per heavy atom. The van der Waals surface area contributed by atoms with Crippen LogP contribution in [0.25, 0.3) is 11.4 Å². The van der Waals surface area contributed by atoms with Crippen molar-refractivity contribution < 1.29 is 23.1 Å². The fourth-order valence-corrected chi connectivity index (χ4v) is 4.66. The first kappa shape index (κ1) is 17.0. The average Bonchev–Trinajstić information content (AvgIpc) is 3.13. The molecule has 4 rings (SSSR count). The van der Waals surface area contributed by atoms with Gasteiger partial charge in [0.05, 0.1) is 22.8 Å². The van der Waals surface area contributed by atoms with Crippen molar-refractivity contribution in [3.8, 4) is 11.4 Å². The summed E-state index contributed by atoms with van der Waals surface area (Å²) < 4.78 is 27.2. The third kappa shape index (κ3) is 2.70. The molecule has 0 bridgehead atoms. The largest absolute Gasteiger partial charge is 0.481 e. The maximum Gasteiger partial charge on any atom is 0.305 e. The van der Waals surface area contributed by atoms with E-state index in [-0.39, 0.29) is 45.5 Å². The van der Waals surface area contributed by atoms with Crippen LogP contribution in [-0.4, -0.2) is 45.5 Å². The molecule has 1 aromatic heterocycles. The van der Waals surface area contributed by atoms with Gasteiger partial charge in [0, 0.05) is 16.7 Å². The number of carbonyl (C=O) groups is 2. The van der Waals surface area contributed by atoms with Crippen molar-refractivity contribution in [3.05, 3.63) is 53.6 Å². The van der Waals surface area contributed by atoms with E-state index in [1.807, 2.05) is 0 Å². The minimum absolute atomic E-state index is 0.0310. The number of hydrogen-bond donors (Lipinski definition) is 1. The van der Waals surface area contributed by atoms with Gasteiger partial charge >= 0.3 is 5.97 Å². The van der Waals surface area contributed by atoms with Gasteiger partial charge in [0.15, 0.2) is 11.6 Å². The molecule has 136 valence electrons. The number of ketones is 1. The quantitative estimate of drug-likeness (QED) is 0.555. The SMILES string of the molecule is O=C(O)CCn1nnnc1-c1ccc2c(c1)S(=O)(=O)c1ccccc1C2=O. The van der Waals surface area contributed by atoms with Gasteiger partial charge < -0.3 is 5.11 Å². The van der Waals surface area contributed by atoms with Crippen LogP contribution in [0.1, 0.15) is 22.3 Å². The molecule has 2 aromatic carbocycles. The Kier molecular flexibility index (Phi) is 3.84. The maximum absolute atomic E-state index is 13.0. The zero-order valence-corrected chi connectivity index (χ0v) is 14.5. The smallest absolute Gasteiger partial charge is 0.305 e. The highest BCUT2D eigenvalue weighted by atomic mass is 32.2. The lowest BCUT2D eigenvalue weighted by Gasteiger charge is -2.19. The highest BCUT2D eigenvalue weighted by Crippen LogP contribution is 2.36. The van der Waals surface area contributed by atoms with Crippen LogP contribution in [0.3, 0.4) is 0 Å². The second-order valence-corrected chi connectivity index (χ2v) is 7.80. The van der Waals surface area contributed by atoms with Crippen LogP contribution in [0.15, 0.2) is 52.3 Å². The number of hydrogen-bond acceptors (Lipinski definition) is 7. The molecule has 0 saturated carbocycles. The normalized spacial score (nSPS) is 14.4. The van der Waals surface area contributed by atoms with Gasteiger partial charge in [-0.2, -0.15) is 0 Å². The standard InChI is InChI=1S/C17H12N4O5S/c22-15(23)7-8-21-17(18-19-20-21)10-5-6-12-14(9-10)27(25,26)13-4-2-1-3-11(13)16(12)24/h1-6,9H,7-8H2,(H,22,23). The predicted octanol–water partition coefficient (Wildman–Crippen LogP) is 1.19. The number of carbonyl (C=O) groups excluding carboxylic acids is 1. The van der Waals surface area contributed by atoms with Gasteiger partial charge in [-0.3, -0.25) is 9.59 Å². The predicted molar refractivity (Wildman–Crippen MR) is 90.8 cm³/mol. The minimum Gasteiger partial charge on any atom is -0.481 e. The van der Waals surface area contributed by atoms with Crippen LogP contribution in [0.2, 0.25) is 0 Å². The van der Waals surface area contributed by atoms with Crippen molar-refractivity contribution >= 4 is 21.6 Å². The summed E-state index contributed by atoms with van der Waals surface area (Å²) in [5.74, 6) is -1.15. The summed E-state index contributed by atoms with van der Waals surface area (Å²) in [5, 5.41) is 19.9. The zero-order valence-electron chi connectivity index (χ0n) is 13.7. The number of tetrazole rings is 1. The van der Waals surface area contributed by atoms with Crippen molar-refractivity contribution in [1.29, 1.82) is 0 Å². The van der Waals surface area contributed by atoms with E-state index in [1.165, 1.54) is 28.9 Å². The second kappa shape index (κ2) is 6.09. The van der Waals surface area contributed by atoms with E-state index in [2.05, 4.69) is 15.5 Å². The summed E-state index contributed by atoms with van der Waals surface area (Å²) in [7, 11) is -3.88. The van der Waals surface area contributed by atoms with Gasteiger partial charge in [-0.15, -0.1) is 5.10 Å². The summed E-state index contributed by atoms with van der Waals surface area (Å²) in [4.78, 5) is 23.3. The van der Waals surface area contributed by atoms with Gasteiger partial charge in [-0.05, 0) is 34.7 Å². The minimum atomic E-state index is -3.88. The molecule has 0 aliphatic carbocycles. The zero-order chi connectivity index (χ0) is 19.2. The maximum atomic E-state index is 13.0. The molecule has 1 aliphatic rings. The number of fused-ring (bicyclic) bond motifs is 2. The summed E-state index contributed by atoms with van der Waals surface area (Å²) >= 11 is 0. The molecule has 1 aliphatic heterocycles. The molecule has 0 spiro atoms. The van der Waals surface area contributed by atoms with Gasteiger partial charge in [-0.25, -0.2) is 13.1 Å². The van der Waals surface area contributed by atoms with Crippen LogP contribution < -0.4 is 0 Å². The Labute approximate surface area is 153 Å². The van der Waals surface area contributed by atoms with E-state index >= 15 is 0 Å². The number of nitrogens with zero attached hydrogens (tertiary/aromatic N) is 4. The number of carboxylic acid groups (broad SMARTS) is 1. The summed E-state index contributed by atoms with van der Waals surface area (Å²) in [5.41, 5.74) is 0.603. The fourth-order valence-electron chi connectivity index (χ4n) is 2.99. The van der Waals surface area contributed by atoms with E-state index in [0.717, 1.165) is 0 Å². The van der Waals surface area contributed by atoms with Crippen molar-refractivity contribution in [3.63, 3.8) is 0 Å². The Balaban J connectivity index is 1.84. The number of aliphatic carboxylic acids is 1. The topological polar surface area (TPSA) is 132 Å². The molecule has 0 unspecified atom stereocenters. The van der Waals surface area contributed by atoms with E-state index in [1.54, 1.807) is 18.2 Å². The lowest BCUT2D eigenvalue weighted by Crippen LogP contribution is -2.20. The average molecular weight is 384 g/mol.